The Morgan fingerprint density at radius 2 is 2.44 bits per heavy atom. The van der Waals surface area contributed by atoms with Crippen LogP contribution in [0.5, 0.6) is 0 Å². The molecule has 2 heterocycles. The second kappa shape index (κ2) is 5.52. The molecule has 1 aromatic rings. The van der Waals surface area contributed by atoms with E-state index in [-0.39, 0.29) is 18.0 Å². The van der Waals surface area contributed by atoms with Crippen molar-refractivity contribution in [3.8, 4) is 0 Å². The summed E-state index contributed by atoms with van der Waals surface area (Å²) in [7, 11) is 0. The van der Waals surface area contributed by atoms with Crippen LogP contribution < -0.4 is 5.73 Å². The molecular weight excluding hydrogens is 228 g/mol. The Kier molecular flexibility index (Phi) is 4.01. The first-order chi connectivity index (χ1) is 8.58. The lowest BCUT2D eigenvalue weighted by Crippen LogP contribution is -2.52. The van der Waals surface area contributed by atoms with Crippen LogP contribution in [0.25, 0.3) is 0 Å². The van der Waals surface area contributed by atoms with Gasteiger partial charge in [0.25, 0.3) is 0 Å². The van der Waals surface area contributed by atoms with Crippen molar-refractivity contribution in [3.63, 3.8) is 0 Å². The number of aryl methyl sites for hydroxylation is 1. The van der Waals surface area contributed by atoms with Crippen LogP contribution in [0, 0.1) is 6.92 Å². The van der Waals surface area contributed by atoms with Gasteiger partial charge in [0.1, 0.15) is 0 Å². The first-order valence-corrected chi connectivity index (χ1v) is 6.64. The Balaban J connectivity index is 2.02. The van der Waals surface area contributed by atoms with E-state index in [0.717, 1.165) is 37.2 Å². The average molecular weight is 250 g/mol. The third-order valence-electron chi connectivity index (χ3n) is 3.57. The monoisotopic (exact) mass is 250 g/mol. The molecule has 1 saturated heterocycles. The number of amides is 1. The van der Waals surface area contributed by atoms with Crippen molar-refractivity contribution < 1.29 is 4.79 Å². The molecule has 5 nitrogen and oxygen atoms in total. The summed E-state index contributed by atoms with van der Waals surface area (Å²) in [6, 6.07) is 2.14. The maximum Gasteiger partial charge on any atom is 0.228 e. The minimum atomic E-state index is 0.0372. The Labute approximate surface area is 108 Å². The van der Waals surface area contributed by atoms with Gasteiger partial charge in [0, 0.05) is 24.3 Å². The van der Waals surface area contributed by atoms with E-state index in [1.165, 1.54) is 0 Å². The first-order valence-electron chi connectivity index (χ1n) is 6.64. The summed E-state index contributed by atoms with van der Waals surface area (Å²) >= 11 is 0. The van der Waals surface area contributed by atoms with E-state index in [1.54, 1.807) is 0 Å². The van der Waals surface area contributed by atoms with Gasteiger partial charge in [-0.25, -0.2) is 0 Å². The molecule has 2 atom stereocenters. The van der Waals surface area contributed by atoms with Gasteiger partial charge < -0.3 is 10.6 Å². The van der Waals surface area contributed by atoms with Crippen LogP contribution in [0.15, 0.2) is 6.07 Å². The van der Waals surface area contributed by atoms with Crippen molar-refractivity contribution in [2.45, 2.75) is 51.6 Å². The molecule has 2 rings (SSSR count). The lowest BCUT2D eigenvalue weighted by Gasteiger charge is -2.38. The summed E-state index contributed by atoms with van der Waals surface area (Å²) in [6.07, 6.45) is 3.63. The van der Waals surface area contributed by atoms with Crippen LogP contribution in [0.3, 0.4) is 0 Å². The fourth-order valence-electron chi connectivity index (χ4n) is 2.64. The van der Waals surface area contributed by atoms with E-state index in [9.17, 15) is 4.79 Å². The maximum atomic E-state index is 12.3. The molecule has 0 saturated carbocycles. The SMILES string of the molecule is Cc1cc(CC(=O)N2CCCCC2C(C)N)n[nH]1. The van der Waals surface area contributed by atoms with Crippen LogP contribution in [-0.4, -0.2) is 39.6 Å². The van der Waals surface area contributed by atoms with E-state index < -0.39 is 0 Å². The highest BCUT2D eigenvalue weighted by atomic mass is 16.2. The van der Waals surface area contributed by atoms with E-state index in [4.69, 9.17) is 5.73 Å². The molecule has 3 N–H and O–H groups in total. The molecule has 0 bridgehead atoms. The average Bonchev–Trinajstić information content (AvgIpc) is 2.74. The fourth-order valence-corrected chi connectivity index (χ4v) is 2.64. The summed E-state index contributed by atoms with van der Waals surface area (Å²) in [5, 5.41) is 6.98. The number of carbonyl (C=O) groups excluding carboxylic acids is 1. The number of nitrogens with two attached hydrogens (primary N) is 1. The number of H-pyrrole nitrogens is 1. The van der Waals surface area contributed by atoms with Gasteiger partial charge in [-0.2, -0.15) is 5.10 Å². The predicted molar refractivity (Wildman–Crippen MR) is 70.0 cm³/mol. The van der Waals surface area contributed by atoms with Gasteiger partial charge >= 0.3 is 0 Å². The molecule has 5 heteroatoms. The molecule has 0 aliphatic carbocycles. The number of nitrogens with zero attached hydrogens (tertiary/aromatic N) is 2. The van der Waals surface area contributed by atoms with Crippen molar-refractivity contribution >= 4 is 5.91 Å². The summed E-state index contributed by atoms with van der Waals surface area (Å²) < 4.78 is 0. The number of aromatic amines is 1. The van der Waals surface area contributed by atoms with Gasteiger partial charge in [0.15, 0.2) is 0 Å². The summed E-state index contributed by atoms with van der Waals surface area (Å²) in [5.41, 5.74) is 7.77. The number of rotatable bonds is 3. The van der Waals surface area contributed by atoms with Crippen LogP contribution in [0.4, 0.5) is 0 Å². The zero-order valence-corrected chi connectivity index (χ0v) is 11.1. The Bertz CT molecular complexity index is 413. The molecule has 1 aromatic heterocycles. The zero-order chi connectivity index (χ0) is 13.1. The molecule has 18 heavy (non-hydrogen) atoms. The van der Waals surface area contributed by atoms with Gasteiger partial charge in [-0.05, 0) is 39.2 Å². The van der Waals surface area contributed by atoms with E-state index >= 15 is 0 Å². The molecule has 100 valence electrons. The van der Waals surface area contributed by atoms with Gasteiger partial charge in [-0.15, -0.1) is 0 Å². The largest absolute Gasteiger partial charge is 0.338 e. The minimum absolute atomic E-state index is 0.0372. The van der Waals surface area contributed by atoms with Gasteiger partial charge in [0.2, 0.25) is 5.91 Å². The summed E-state index contributed by atoms with van der Waals surface area (Å²) in [4.78, 5) is 14.3. The van der Waals surface area contributed by atoms with Crippen LogP contribution in [-0.2, 0) is 11.2 Å². The summed E-state index contributed by atoms with van der Waals surface area (Å²) in [6.45, 7) is 4.75. The lowest BCUT2D eigenvalue weighted by atomic mass is 9.96. The molecule has 1 fully saturated rings. The Hall–Kier alpha value is -1.36. The zero-order valence-electron chi connectivity index (χ0n) is 11.1. The molecule has 0 aromatic carbocycles. The highest BCUT2D eigenvalue weighted by Crippen LogP contribution is 2.20. The van der Waals surface area contributed by atoms with Gasteiger partial charge in [-0.3, -0.25) is 9.89 Å². The molecule has 1 aliphatic heterocycles. The Morgan fingerprint density at radius 1 is 1.67 bits per heavy atom. The second-order valence-corrected chi connectivity index (χ2v) is 5.23. The standard InChI is InChI=1S/C13H22N4O/c1-9-7-11(16-15-9)8-13(18)17-6-4-3-5-12(17)10(2)14/h7,10,12H,3-6,8,14H2,1-2H3,(H,15,16). The number of aromatic nitrogens is 2. The Morgan fingerprint density at radius 3 is 3.06 bits per heavy atom. The highest BCUT2D eigenvalue weighted by molar-refractivity contribution is 5.78. The van der Waals surface area contributed by atoms with Crippen molar-refractivity contribution in [1.82, 2.24) is 15.1 Å². The van der Waals surface area contributed by atoms with Crippen molar-refractivity contribution in [3.05, 3.63) is 17.5 Å². The number of nitrogens with one attached hydrogen (secondary N) is 1. The highest BCUT2D eigenvalue weighted by Gasteiger charge is 2.29. The van der Waals surface area contributed by atoms with Crippen LogP contribution in [0.1, 0.15) is 37.6 Å². The van der Waals surface area contributed by atoms with Crippen molar-refractivity contribution in [1.29, 1.82) is 0 Å². The summed E-state index contributed by atoms with van der Waals surface area (Å²) in [5.74, 6) is 0.142. The van der Waals surface area contributed by atoms with E-state index in [1.807, 2.05) is 24.8 Å². The number of piperidine rings is 1. The number of hydrogen-bond acceptors (Lipinski definition) is 3. The van der Waals surface area contributed by atoms with E-state index in [0.29, 0.717) is 6.42 Å². The van der Waals surface area contributed by atoms with Crippen molar-refractivity contribution in [2.24, 2.45) is 5.73 Å². The third kappa shape index (κ3) is 2.90. The molecule has 0 spiro atoms. The molecule has 1 aliphatic rings. The first kappa shape index (κ1) is 13.1. The molecule has 1 amide bonds. The van der Waals surface area contributed by atoms with Crippen LogP contribution in [0.2, 0.25) is 0 Å². The lowest BCUT2D eigenvalue weighted by molar-refractivity contribution is -0.134. The normalized spacial score (nSPS) is 21.9. The molecule has 0 radical (unpaired) electrons. The predicted octanol–water partition coefficient (Wildman–Crippen LogP) is 0.989. The van der Waals surface area contributed by atoms with Gasteiger partial charge in [-0.1, -0.05) is 0 Å². The van der Waals surface area contributed by atoms with Crippen LogP contribution >= 0.6 is 0 Å². The fraction of sp³-hybridized carbons (Fsp3) is 0.692. The molecule has 2 unspecified atom stereocenters. The van der Waals surface area contributed by atoms with Crippen molar-refractivity contribution in [2.75, 3.05) is 6.54 Å². The minimum Gasteiger partial charge on any atom is -0.338 e. The number of hydrogen-bond donors (Lipinski definition) is 2. The number of likely N-dealkylation sites (tertiary alicyclic amines) is 1. The van der Waals surface area contributed by atoms with E-state index in [2.05, 4.69) is 10.2 Å². The molecular formula is C13H22N4O. The third-order valence-corrected chi connectivity index (χ3v) is 3.57. The quantitative estimate of drug-likeness (QED) is 0.840. The smallest absolute Gasteiger partial charge is 0.228 e. The van der Waals surface area contributed by atoms with Gasteiger partial charge in [0.05, 0.1) is 12.1 Å². The topological polar surface area (TPSA) is 75.0 Å². The second-order valence-electron chi connectivity index (χ2n) is 5.23. The maximum absolute atomic E-state index is 12.3. The number of carbonyl (C=O) groups is 1.